The molecule has 0 aliphatic carbocycles. The SMILES string of the molecule is COc1c(Cl)cc(-c2cc(CO)nn2-c2ccc(S(N)(=O)=O)cc2)cc1Cl. The standard InChI is InChI=1S/C17H15Cl2N3O4S/c1-26-17-14(18)6-10(7-15(17)19)16-8-11(9-23)21-22(16)12-2-4-13(5-3-12)27(20,24)25/h2-8,23H,9H2,1H3,(H2,20,24,25). The van der Waals surface area contributed by atoms with E-state index in [1.807, 2.05) is 0 Å². The largest absolute Gasteiger partial charge is 0.494 e. The first kappa shape index (κ1) is 19.7. The molecule has 1 heterocycles. The smallest absolute Gasteiger partial charge is 0.238 e. The maximum atomic E-state index is 11.4. The summed E-state index contributed by atoms with van der Waals surface area (Å²) in [7, 11) is -2.33. The van der Waals surface area contributed by atoms with Crippen LogP contribution in [0.3, 0.4) is 0 Å². The highest BCUT2D eigenvalue weighted by atomic mass is 35.5. The highest BCUT2D eigenvalue weighted by molar-refractivity contribution is 7.89. The van der Waals surface area contributed by atoms with E-state index in [4.69, 9.17) is 33.1 Å². The predicted molar refractivity (Wildman–Crippen MR) is 103 cm³/mol. The molecular weight excluding hydrogens is 413 g/mol. The lowest BCUT2D eigenvalue weighted by Crippen LogP contribution is -2.12. The number of halogens is 2. The number of hydrogen-bond acceptors (Lipinski definition) is 5. The molecule has 0 saturated carbocycles. The molecule has 0 atom stereocenters. The fourth-order valence-electron chi connectivity index (χ4n) is 2.59. The zero-order valence-corrected chi connectivity index (χ0v) is 16.4. The molecule has 2 aromatic carbocycles. The van der Waals surface area contributed by atoms with Gasteiger partial charge in [0.25, 0.3) is 0 Å². The van der Waals surface area contributed by atoms with Gasteiger partial charge in [0, 0.05) is 5.56 Å². The third-order valence-electron chi connectivity index (χ3n) is 3.83. The predicted octanol–water partition coefficient (Wildman–Crippen LogP) is 2.99. The molecule has 1 aromatic heterocycles. The van der Waals surface area contributed by atoms with Gasteiger partial charge in [-0.05, 0) is 42.5 Å². The van der Waals surface area contributed by atoms with Crippen molar-refractivity contribution < 1.29 is 18.3 Å². The molecule has 0 fully saturated rings. The number of hydrogen-bond donors (Lipinski definition) is 2. The molecule has 10 heteroatoms. The van der Waals surface area contributed by atoms with Gasteiger partial charge in [0.1, 0.15) is 0 Å². The average molecular weight is 428 g/mol. The van der Waals surface area contributed by atoms with Gasteiger partial charge >= 0.3 is 0 Å². The van der Waals surface area contributed by atoms with Crippen molar-refractivity contribution >= 4 is 33.2 Å². The number of aromatic nitrogens is 2. The summed E-state index contributed by atoms with van der Waals surface area (Å²) in [5.74, 6) is 0.355. The molecule has 0 saturated heterocycles. The molecule has 0 aliphatic heterocycles. The second-order valence-electron chi connectivity index (χ2n) is 5.60. The zero-order valence-electron chi connectivity index (χ0n) is 14.1. The second-order valence-corrected chi connectivity index (χ2v) is 7.98. The van der Waals surface area contributed by atoms with E-state index in [9.17, 15) is 13.5 Å². The van der Waals surface area contributed by atoms with Crippen LogP contribution >= 0.6 is 23.2 Å². The van der Waals surface area contributed by atoms with Gasteiger partial charge in [-0.25, -0.2) is 18.2 Å². The number of nitrogens with zero attached hydrogens (tertiary/aromatic N) is 2. The molecular formula is C17H15Cl2N3O4S. The minimum absolute atomic E-state index is 0.0159. The molecule has 0 radical (unpaired) electrons. The van der Waals surface area contributed by atoms with Crippen LogP contribution in [0.4, 0.5) is 0 Å². The number of sulfonamides is 1. The van der Waals surface area contributed by atoms with Crippen molar-refractivity contribution in [1.29, 1.82) is 0 Å². The average Bonchev–Trinajstić information content (AvgIpc) is 3.05. The van der Waals surface area contributed by atoms with Gasteiger partial charge < -0.3 is 9.84 Å². The summed E-state index contributed by atoms with van der Waals surface area (Å²) >= 11 is 12.5. The normalized spacial score (nSPS) is 11.6. The van der Waals surface area contributed by atoms with Crippen molar-refractivity contribution in [2.75, 3.05) is 7.11 Å². The Kier molecular flexibility index (Phi) is 5.45. The van der Waals surface area contributed by atoms with Crippen LogP contribution in [0.2, 0.25) is 10.0 Å². The molecule has 0 aliphatic rings. The minimum atomic E-state index is -3.80. The summed E-state index contributed by atoms with van der Waals surface area (Å²) in [5.41, 5.74) is 2.24. The van der Waals surface area contributed by atoms with Crippen molar-refractivity contribution in [3.8, 4) is 22.7 Å². The molecule has 142 valence electrons. The number of rotatable bonds is 5. The molecule has 0 amide bonds. The van der Waals surface area contributed by atoms with E-state index in [-0.39, 0.29) is 11.5 Å². The maximum absolute atomic E-state index is 11.4. The van der Waals surface area contributed by atoms with Gasteiger partial charge in [0.15, 0.2) is 5.75 Å². The van der Waals surface area contributed by atoms with Crippen LogP contribution in [0.15, 0.2) is 47.4 Å². The first-order valence-corrected chi connectivity index (χ1v) is 9.91. The van der Waals surface area contributed by atoms with Crippen LogP contribution in [0.25, 0.3) is 16.9 Å². The van der Waals surface area contributed by atoms with Gasteiger partial charge in [-0.2, -0.15) is 5.10 Å². The molecule has 3 N–H and O–H groups in total. The van der Waals surface area contributed by atoms with Gasteiger partial charge in [-0.3, -0.25) is 0 Å². The van der Waals surface area contributed by atoms with Gasteiger partial charge in [0.05, 0.1) is 45.7 Å². The Balaban J connectivity index is 2.15. The Morgan fingerprint density at radius 2 is 1.74 bits per heavy atom. The number of aliphatic hydroxyl groups excluding tert-OH is 1. The molecule has 27 heavy (non-hydrogen) atoms. The van der Waals surface area contributed by atoms with E-state index in [1.54, 1.807) is 35.0 Å². The first-order valence-electron chi connectivity index (χ1n) is 7.61. The van der Waals surface area contributed by atoms with Crippen LogP contribution in [0, 0.1) is 0 Å². The summed E-state index contributed by atoms with van der Waals surface area (Å²) in [6.45, 7) is -0.271. The summed E-state index contributed by atoms with van der Waals surface area (Å²) in [6.07, 6.45) is 0. The Hall–Kier alpha value is -2.10. The lowest BCUT2D eigenvalue weighted by molar-refractivity contribution is 0.276. The summed E-state index contributed by atoms with van der Waals surface area (Å²) in [5, 5.41) is 19.6. The summed E-state index contributed by atoms with van der Waals surface area (Å²) < 4.78 is 29.6. The Bertz CT molecular complexity index is 1070. The van der Waals surface area contributed by atoms with Gasteiger partial charge in [-0.15, -0.1) is 0 Å². The van der Waals surface area contributed by atoms with Crippen molar-refractivity contribution in [1.82, 2.24) is 9.78 Å². The lowest BCUT2D eigenvalue weighted by Gasteiger charge is -2.11. The molecule has 0 unspecified atom stereocenters. The van der Waals surface area contributed by atoms with E-state index in [0.717, 1.165) is 0 Å². The lowest BCUT2D eigenvalue weighted by atomic mass is 10.1. The Labute approximate surface area is 165 Å². The number of benzene rings is 2. The van der Waals surface area contributed by atoms with Gasteiger partial charge in [-0.1, -0.05) is 23.2 Å². The number of ether oxygens (including phenoxy) is 1. The molecule has 7 nitrogen and oxygen atoms in total. The Morgan fingerprint density at radius 3 is 2.22 bits per heavy atom. The van der Waals surface area contributed by atoms with E-state index < -0.39 is 10.0 Å². The summed E-state index contributed by atoms with van der Waals surface area (Å²) in [6, 6.07) is 10.9. The molecule has 3 rings (SSSR count). The van der Waals surface area contributed by atoms with Crippen LogP contribution < -0.4 is 9.88 Å². The maximum Gasteiger partial charge on any atom is 0.238 e. The van der Waals surface area contributed by atoms with E-state index in [1.165, 1.54) is 19.2 Å². The van der Waals surface area contributed by atoms with Crippen LogP contribution in [-0.4, -0.2) is 30.4 Å². The third-order valence-corrected chi connectivity index (χ3v) is 5.32. The highest BCUT2D eigenvalue weighted by Crippen LogP contribution is 2.38. The van der Waals surface area contributed by atoms with Crippen LogP contribution in [0.1, 0.15) is 5.69 Å². The van der Waals surface area contributed by atoms with Crippen LogP contribution in [-0.2, 0) is 16.6 Å². The number of methoxy groups -OCH3 is 1. The zero-order chi connectivity index (χ0) is 19.8. The number of primary sulfonamides is 1. The fraction of sp³-hybridized carbons (Fsp3) is 0.118. The number of nitrogens with two attached hydrogens (primary N) is 1. The highest BCUT2D eigenvalue weighted by Gasteiger charge is 2.16. The van der Waals surface area contributed by atoms with Gasteiger partial charge in [0.2, 0.25) is 10.0 Å². The van der Waals surface area contributed by atoms with E-state index in [0.29, 0.717) is 38.4 Å². The summed E-state index contributed by atoms with van der Waals surface area (Å²) in [4.78, 5) is -0.0159. The van der Waals surface area contributed by atoms with Crippen molar-refractivity contribution in [3.63, 3.8) is 0 Å². The molecule has 3 aromatic rings. The Morgan fingerprint density at radius 1 is 1.15 bits per heavy atom. The van der Waals surface area contributed by atoms with E-state index in [2.05, 4.69) is 5.10 Å². The van der Waals surface area contributed by atoms with E-state index >= 15 is 0 Å². The quantitative estimate of drug-likeness (QED) is 0.650. The monoisotopic (exact) mass is 427 g/mol. The first-order chi connectivity index (χ1) is 12.7. The van der Waals surface area contributed by atoms with Crippen molar-refractivity contribution in [2.24, 2.45) is 5.14 Å². The molecule has 0 bridgehead atoms. The third kappa shape index (κ3) is 3.95. The fourth-order valence-corrected chi connectivity index (χ4v) is 3.75. The minimum Gasteiger partial charge on any atom is -0.494 e. The van der Waals surface area contributed by atoms with Crippen molar-refractivity contribution in [2.45, 2.75) is 11.5 Å². The topological polar surface area (TPSA) is 107 Å². The molecule has 0 spiro atoms. The number of aliphatic hydroxyl groups is 1. The van der Waals surface area contributed by atoms with Crippen molar-refractivity contribution in [3.05, 3.63) is 58.2 Å². The second kappa shape index (κ2) is 7.49. The van der Waals surface area contributed by atoms with Crippen LogP contribution in [0.5, 0.6) is 5.75 Å².